The second kappa shape index (κ2) is 16.4. The molecule has 0 amide bonds. The highest BCUT2D eigenvalue weighted by molar-refractivity contribution is 5.74. The molecular weight excluding hydrogens is 565 g/mol. The lowest BCUT2D eigenvalue weighted by Crippen LogP contribution is -2.07. The largest absolute Gasteiger partial charge is 0.0995 e. The third-order valence-corrected chi connectivity index (χ3v) is 10.0. The first-order valence-corrected chi connectivity index (χ1v) is 17.6. The SMILES string of the molecule is C=C(CC=CC1=CC(c2ccccc2)CC1c1ccccc1)CCC(=C)C(C(=C)c1cc(CC)c(CC)c(CC)c1)c1ccccc1. The van der Waals surface area contributed by atoms with Crippen LogP contribution in [0.3, 0.4) is 0 Å². The normalized spacial score (nSPS) is 16.6. The highest BCUT2D eigenvalue weighted by Crippen LogP contribution is 2.44. The van der Waals surface area contributed by atoms with Gasteiger partial charge in [0, 0.05) is 17.8 Å². The van der Waals surface area contributed by atoms with Crippen LogP contribution in [0.25, 0.3) is 5.57 Å². The number of hydrogen-bond donors (Lipinski definition) is 0. The van der Waals surface area contributed by atoms with Crippen LogP contribution in [0, 0.1) is 0 Å². The van der Waals surface area contributed by atoms with Gasteiger partial charge in [0.15, 0.2) is 0 Å². The first kappa shape index (κ1) is 33.9. The van der Waals surface area contributed by atoms with Crippen LogP contribution in [0.5, 0.6) is 0 Å². The molecule has 3 unspecified atom stereocenters. The number of aryl methyl sites for hydroxylation is 2. The smallest absolute Gasteiger partial charge is 0.0296 e. The molecule has 0 heteroatoms. The van der Waals surface area contributed by atoms with E-state index in [0.29, 0.717) is 11.8 Å². The van der Waals surface area contributed by atoms with Crippen molar-refractivity contribution in [2.45, 2.75) is 83.5 Å². The first-order valence-electron chi connectivity index (χ1n) is 17.6. The summed E-state index contributed by atoms with van der Waals surface area (Å²) in [4.78, 5) is 0. The minimum absolute atomic E-state index is 0.0756. The molecule has 3 atom stereocenters. The van der Waals surface area contributed by atoms with Gasteiger partial charge < -0.3 is 0 Å². The van der Waals surface area contributed by atoms with Gasteiger partial charge in [-0.25, -0.2) is 0 Å². The lowest BCUT2D eigenvalue weighted by molar-refractivity contribution is 0.712. The van der Waals surface area contributed by atoms with Crippen molar-refractivity contribution < 1.29 is 0 Å². The molecule has 5 rings (SSSR count). The average Bonchev–Trinajstić information content (AvgIpc) is 3.55. The summed E-state index contributed by atoms with van der Waals surface area (Å²) < 4.78 is 0. The van der Waals surface area contributed by atoms with Crippen molar-refractivity contribution in [3.8, 4) is 0 Å². The monoisotopic (exact) mass is 616 g/mol. The molecular formula is C47H52. The van der Waals surface area contributed by atoms with E-state index in [4.69, 9.17) is 6.58 Å². The lowest BCUT2D eigenvalue weighted by Gasteiger charge is -2.25. The van der Waals surface area contributed by atoms with Crippen molar-refractivity contribution in [2.75, 3.05) is 0 Å². The lowest BCUT2D eigenvalue weighted by atomic mass is 9.79. The Balaban J connectivity index is 1.28. The molecule has 0 aromatic heterocycles. The molecule has 240 valence electrons. The molecule has 0 nitrogen and oxygen atoms in total. The summed E-state index contributed by atoms with van der Waals surface area (Å²) >= 11 is 0. The Morgan fingerprint density at radius 1 is 0.723 bits per heavy atom. The maximum Gasteiger partial charge on any atom is 0.0296 e. The van der Waals surface area contributed by atoms with E-state index >= 15 is 0 Å². The van der Waals surface area contributed by atoms with E-state index in [0.717, 1.165) is 50.5 Å². The van der Waals surface area contributed by atoms with Gasteiger partial charge in [-0.05, 0) is 95.0 Å². The molecule has 4 aromatic carbocycles. The zero-order valence-electron chi connectivity index (χ0n) is 28.9. The zero-order chi connectivity index (χ0) is 33.2. The average molecular weight is 617 g/mol. The van der Waals surface area contributed by atoms with E-state index in [1.54, 1.807) is 0 Å². The fourth-order valence-corrected chi connectivity index (χ4v) is 7.43. The molecule has 4 aromatic rings. The fraction of sp³-hybridized carbons (Fsp3) is 0.277. The summed E-state index contributed by atoms with van der Waals surface area (Å²) in [5.74, 6) is 0.929. The van der Waals surface area contributed by atoms with Gasteiger partial charge >= 0.3 is 0 Å². The zero-order valence-corrected chi connectivity index (χ0v) is 28.9. The third-order valence-electron chi connectivity index (χ3n) is 10.0. The second-order valence-electron chi connectivity index (χ2n) is 13.1. The van der Waals surface area contributed by atoms with Crippen LogP contribution in [-0.2, 0) is 19.3 Å². The highest BCUT2D eigenvalue weighted by atomic mass is 14.3. The van der Waals surface area contributed by atoms with Crippen LogP contribution >= 0.6 is 0 Å². The Labute approximate surface area is 285 Å². The van der Waals surface area contributed by atoms with Gasteiger partial charge in [-0.2, -0.15) is 0 Å². The summed E-state index contributed by atoms with van der Waals surface area (Å²) in [7, 11) is 0. The molecule has 0 fully saturated rings. The molecule has 0 radical (unpaired) electrons. The molecule has 0 heterocycles. The number of benzene rings is 4. The van der Waals surface area contributed by atoms with Crippen molar-refractivity contribution in [1.82, 2.24) is 0 Å². The standard InChI is InChI=1S/C47H52/c1-7-37-30-43(31-38(8-2)45(37)9-3)36(6)47(41-25-17-12-18-26-41)35(5)29-28-34(4)20-19-27-42-32-44(39-21-13-10-14-22-39)33-46(42)40-23-15-11-16-24-40/h10-19,21-27,30-32,44,46-47H,4-9,20,28-29,33H2,1-3H3. The van der Waals surface area contributed by atoms with Crippen LogP contribution in [0.2, 0.25) is 0 Å². The Morgan fingerprint density at radius 2 is 1.30 bits per heavy atom. The number of rotatable bonds is 15. The van der Waals surface area contributed by atoms with Gasteiger partial charge in [-0.3, -0.25) is 0 Å². The van der Waals surface area contributed by atoms with E-state index in [1.807, 2.05) is 0 Å². The van der Waals surface area contributed by atoms with Crippen LogP contribution in [0.15, 0.2) is 158 Å². The predicted octanol–water partition coefficient (Wildman–Crippen LogP) is 12.9. The van der Waals surface area contributed by atoms with Gasteiger partial charge in [0.2, 0.25) is 0 Å². The first-order chi connectivity index (χ1) is 22.9. The molecule has 0 bridgehead atoms. The van der Waals surface area contributed by atoms with E-state index in [9.17, 15) is 0 Å². The van der Waals surface area contributed by atoms with Gasteiger partial charge in [-0.15, -0.1) is 0 Å². The molecule has 47 heavy (non-hydrogen) atoms. The minimum Gasteiger partial charge on any atom is -0.0995 e. The van der Waals surface area contributed by atoms with Crippen LogP contribution in [0.1, 0.15) is 103 Å². The maximum atomic E-state index is 4.71. The van der Waals surface area contributed by atoms with Gasteiger partial charge in [0.25, 0.3) is 0 Å². The van der Waals surface area contributed by atoms with E-state index in [2.05, 4.69) is 155 Å². The molecule has 0 saturated carbocycles. The van der Waals surface area contributed by atoms with Crippen LogP contribution in [0.4, 0.5) is 0 Å². The summed E-state index contributed by atoms with van der Waals surface area (Å²) in [6.07, 6.45) is 14.1. The van der Waals surface area contributed by atoms with E-state index < -0.39 is 0 Å². The van der Waals surface area contributed by atoms with Crippen molar-refractivity contribution in [1.29, 1.82) is 0 Å². The van der Waals surface area contributed by atoms with Crippen molar-refractivity contribution in [2.24, 2.45) is 0 Å². The Kier molecular flexibility index (Phi) is 11.9. The molecule has 0 spiro atoms. The Hall–Kier alpha value is -4.42. The summed E-state index contributed by atoms with van der Waals surface area (Å²) in [5, 5.41) is 0. The van der Waals surface area contributed by atoms with E-state index in [1.165, 1.54) is 55.7 Å². The maximum absolute atomic E-state index is 4.71. The molecule has 0 saturated heterocycles. The van der Waals surface area contributed by atoms with Crippen LogP contribution < -0.4 is 0 Å². The van der Waals surface area contributed by atoms with Crippen LogP contribution in [-0.4, -0.2) is 0 Å². The van der Waals surface area contributed by atoms with Gasteiger partial charge in [0.1, 0.15) is 0 Å². The number of allylic oxidation sites excluding steroid dienone is 7. The van der Waals surface area contributed by atoms with Gasteiger partial charge in [-0.1, -0.05) is 173 Å². The highest BCUT2D eigenvalue weighted by Gasteiger charge is 2.27. The summed E-state index contributed by atoms with van der Waals surface area (Å²) in [6.45, 7) is 20.7. The predicted molar refractivity (Wildman–Crippen MR) is 205 cm³/mol. The molecule has 0 N–H and O–H groups in total. The van der Waals surface area contributed by atoms with Gasteiger partial charge in [0.05, 0.1) is 0 Å². The molecule has 1 aliphatic carbocycles. The summed E-state index contributed by atoms with van der Waals surface area (Å²) in [6, 6.07) is 37.4. The Morgan fingerprint density at radius 3 is 1.87 bits per heavy atom. The quantitative estimate of drug-likeness (QED) is 0.117. The second-order valence-corrected chi connectivity index (χ2v) is 13.1. The molecule has 0 aliphatic heterocycles. The fourth-order valence-electron chi connectivity index (χ4n) is 7.43. The van der Waals surface area contributed by atoms with Crippen molar-refractivity contribution >= 4 is 5.57 Å². The number of hydrogen-bond acceptors (Lipinski definition) is 0. The summed E-state index contributed by atoms with van der Waals surface area (Å²) in [5.41, 5.74) is 14.7. The third kappa shape index (κ3) is 8.30. The Bertz CT molecular complexity index is 1690. The van der Waals surface area contributed by atoms with Crippen molar-refractivity contribution in [3.63, 3.8) is 0 Å². The van der Waals surface area contributed by atoms with Crippen molar-refractivity contribution in [3.05, 3.63) is 197 Å². The topological polar surface area (TPSA) is 0 Å². The minimum atomic E-state index is 0.0756. The molecule has 1 aliphatic rings. The van der Waals surface area contributed by atoms with E-state index in [-0.39, 0.29) is 5.92 Å².